The van der Waals surface area contributed by atoms with E-state index in [2.05, 4.69) is 15.3 Å². The topological polar surface area (TPSA) is 43.1 Å². The monoisotopic (exact) mass is 194 g/mol. The third kappa shape index (κ3) is 1.03. The molecule has 2 heterocycles. The Balaban J connectivity index is 2.12. The lowest BCUT2D eigenvalue weighted by Gasteiger charge is -2.15. The molecule has 0 saturated heterocycles. The van der Waals surface area contributed by atoms with E-state index in [-0.39, 0.29) is 0 Å². The zero-order chi connectivity index (χ0) is 8.84. The number of fused-ring (bicyclic) bond motifs is 2. The normalized spacial score (nSPS) is 25.3. The van der Waals surface area contributed by atoms with Gasteiger partial charge in [-0.15, -0.1) is 10.2 Å². The van der Waals surface area contributed by atoms with Crippen molar-refractivity contribution >= 4 is 17.5 Å². The second kappa shape index (κ2) is 2.57. The smallest absolute Gasteiger partial charge is 0.192 e. The highest BCUT2D eigenvalue weighted by Gasteiger charge is 2.30. The molecule has 1 aliphatic carbocycles. The second-order valence-electron chi connectivity index (χ2n) is 3.43. The Hall–Kier alpha value is -0.840. The van der Waals surface area contributed by atoms with Gasteiger partial charge >= 0.3 is 0 Å². The molecule has 1 atom stereocenters. The molecule has 1 unspecified atom stereocenters. The van der Waals surface area contributed by atoms with Crippen LogP contribution in [0.25, 0.3) is 0 Å². The Labute approximate surface area is 80.4 Å². The minimum Gasteiger partial charge on any atom is -0.192 e. The molecule has 68 valence electrons. The zero-order valence-corrected chi connectivity index (χ0v) is 8.21. The lowest BCUT2D eigenvalue weighted by molar-refractivity contribution is 0.725. The second-order valence-corrected chi connectivity index (χ2v) is 4.60. The van der Waals surface area contributed by atoms with Gasteiger partial charge in [0.15, 0.2) is 5.82 Å². The van der Waals surface area contributed by atoms with Crippen molar-refractivity contribution in [3.8, 4) is 0 Å². The van der Waals surface area contributed by atoms with Gasteiger partial charge in [-0.25, -0.2) is 0 Å². The van der Waals surface area contributed by atoms with E-state index in [1.807, 2.05) is 11.6 Å². The molecule has 5 heteroatoms. The van der Waals surface area contributed by atoms with Crippen molar-refractivity contribution in [1.29, 1.82) is 0 Å². The van der Waals surface area contributed by atoms with Crippen molar-refractivity contribution in [1.82, 2.24) is 14.9 Å². The number of rotatable bonds is 0. The van der Waals surface area contributed by atoms with Crippen LogP contribution in [0.4, 0.5) is 0 Å². The van der Waals surface area contributed by atoms with E-state index in [9.17, 15) is 0 Å². The third-order valence-corrected chi connectivity index (χ3v) is 3.77. The molecule has 1 aliphatic heterocycles. The molecule has 1 aromatic heterocycles. The molecule has 1 aromatic rings. The van der Waals surface area contributed by atoms with Crippen LogP contribution in [-0.4, -0.2) is 25.8 Å². The summed E-state index contributed by atoms with van der Waals surface area (Å²) >= 11 is 1.81. The molecule has 0 N–H and O–H groups in total. The Morgan fingerprint density at radius 1 is 1.46 bits per heavy atom. The molecule has 0 aromatic carbocycles. The fourth-order valence-corrected chi connectivity index (χ4v) is 3.02. The molecular weight excluding hydrogens is 184 g/mol. The van der Waals surface area contributed by atoms with Crippen LogP contribution in [0.2, 0.25) is 0 Å². The molecule has 1 fully saturated rings. The Kier molecular flexibility index (Phi) is 1.49. The number of aromatic nitrogens is 3. The van der Waals surface area contributed by atoms with E-state index in [0.717, 1.165) is 17.4 Å². The van der Waals surface area contributed by atoms with Gasteiger partial charge in [0.2, 0.25) is 5.16 Å². The van der Waals surface area contributed by atoms with Crippen molar-refractivity contribution in [2.45, 2.75) is 36.6 Å². The summed E-state index contributed by atoms with van der Waals surface area (Å²) in [6.45, 7) is 1.94. The summed E-state index contributed by atoms with van der Waals surface area (Å²) in [6, 6.07) is 0. The number of nitrogens with zero attached hydrogens (tertiary/aromatic N) is 4. The SMILES string of the molecule is Cc1nnc2n1N=C1CCCC1S2. The maximum absolute atomic E-state index is 4.55. The minimum atomic E-state index is 0.580. The lowest BCUT2D eigenvalue weighted by Crippen LogP contribution is -2.17. The lowest BCUT2D eigenvalue weighted by atomic mass is 10.3. The molecule has 0 spiro atoms. The summed E-state index contributed by atoms with van der Waals surface area (Å²) in [5.74, 6) is 0.889. The van der Waals surface area contributed by atoms with Crippen molar-refractivity contribution in [3.05, 3.63) is 5.82 Å². The van der Waals surface area contributed by atoms with Crippen LogP contribution in [0.1, 0.15) is 25.1 Å². The quantitative estimate of drug-likeness (QED) is 0.627. The van der Waals surface area contributed by atoms with Gasteiger partial charge in [0.1, 0.15) is 0 Å². The molecule has 13 heavy (non-hydrogen) atoms. The number of hydrogen-bond acceptors (Lipinski definition) is 4. The minimum absolute atomic E-state index is 0.580. The van der Waals surface area contributed by atoms with Crippen LogP contribution in [0, 0.1) is 6.92 Å². The average molecular weight is 194 g/mol. The van der Waals surface area contributed by atoms with Crippen LogP contribution in [-0.2, 0) is 0 Å². The number of aryl methyl sites for hydroxylation is 1. The first kappa shape index (κ1) is 7.55. The number of hydrogen-bond donors (Lipinski definition) is 0. The van der Waals surface area contributed by atoms with E-state index in [1.165, 1.54) is 18.6 Å². The van der Waals surface area contributed by atoms with Gasteiger partial charge in [0.25, 0.3) is 0 Å². The molecule has 4 nitrogen and oxygen atoms in total. The van der Waals surface area contributed by atoms with Crippen LogP contribution in [0.3, 0.4) is 0 Å². The summed E-state index contributed by atoms with van der Waals surface area (Å²) in [7, 11) is 0. The van der Waals surface area contributed by atoms with Crippen LogP contribution in [0.5, 0.6) is 0 Å². The predicted molar refractivity (Wildman–Crippen MR) is 51.1 cm³/mol. The van der Waals surface area contributed by atoms with Crippen molar-refractivity contribution in [3.63, 3.8) is 0 Å². The van der Waals surface area contributed by atoms with Crippen molar-refractivity contribution < 1.29 is 0 Å². The molecule has 0 amide bonds. The first-order valence-corrected chi connectivity index (χ1v) is 5.39. The van der Waals surface area contributed by atoms with E-state index in [4.69, 9.17) is 0 Å². The maximum atomic E-state index is 4.55. The van der Waals surface area contributed by atoms with Crippen molar-refractivity contribution in [2.75, 3.05) is 0 Å². The van der Waals surface area contributed by atoms with E-state index in [0.29, 0.717) is 5.25 Å². The highest BCUT2D eigenvalue weighted by molar-refractivity contribution is 8.00. The summed E-state index contributed by atoms with van der Waals surface area (Å²) in [4.78, 5) is 0. The fourth-order valence-electron chi connectivity index (χ4n) is 1.82. The van der Waals surface area contributed by atoms with Crippen molar-refractivity contribution in [2.24, 2.45) is 5.10 Å². The highest BCUT2D eigenvalue weighted by atomic mass is 32.2. The molecule has 2 aliphatic rings. The Morgan fingerprint density at radius 2 is 2.38 bits per heavy atom. The molecule has 0 radical (unpaired) electrons. The number of thioether (sulfide) groups is 1. The first-order chi connectivity index (χ1) is 6.34. The Morgan fingerprint density at radius 3 is 3.31 bits per heavy atom. The average Bonchev–Trinajstić information content (AvgIpc) is 2.70. The van der Waals surface area contributed by atoms with Gasteiger partial charge in [-0.05, 0) is 26.2 Å². The highest BCUT2D eigenvalue weighted by Crippen LogP contribution is 2.35. The molecule has 3 rings (SSSR count). The summed E-state index contributed by atoms with van der Waals surface area (Å²) in [5, 5.41) is 14.2. The van der Waals surface area contributed by atoms with Crippen LogP contribution in [0.15, 0.2) is 10.3 Å². The molecule has 0 bridgehead atoms. The zero-order valence-electron chi connectivity index (χ0n) is 7.40. The largest absolute Gasteiger partial charge is 0.212 e. The van der Waals surface area contributed by atoms with Gasteiger partial charge in [0, 0.05) is 0 Å². The van der Waals surface area contributed by atoms with Gasteiger partial charge in [-0.2, -0.15) is 9.78 Å². The third-order valence-electron chi connectivity index (χ3n) is 2.51. The van der Waals surface area contributed by atoms with E-state index < -0.39 is 0 Å². The fraction of sp³-hybridized carbons (Fsp3) is 0.625. The Bertz CT molecular complexity index is 381. The summed E-state index contributed by atoms with van der Waals surface area (Å²) in [5.41, 5.74) is 1.32. The standard InChI is InChI=1S/C8H10N4S/c1-5-9-10-8-12(5)11-6-3-2-4-7(6)13-8/h7H,2-4H2,1H3. The predicted octanol–water partition coefficient (Wildman–Crippen LogP) is 1.45. The summed E-state index contributed by atoms with van der Waals surface area (Å²) < 4.78 is 1.86. The summed E-state index contributed by atoms with van der Waals surface area (Å²) in [6.07, 6.45) is 3.66. The van der Waals surface area contributed by atoms with E-state index in [1.54, 1.807) is 11.8 Å². The maximum Gasteiger partial charge on any atom is 0.212 e. The van der Waals surface area contributed by atoms with E-state index >= 15 is 0 Å². The first-order valence-electron chi connectivity index (χ1n) is 4.51. The molecule has 1 saturated carbocycles. The van der Waals surface area contributed by atoms with Gasteiger partial charge in [-0.1, -0.05) is 11.8 Å². The van der Waals surface area contributed by atoms with Crippen LogP contribution >= 0.6 is 11.8 Å². The van der Waals surface area contributed by atoms with Gasteiger partial charge in [-0.3, -0.25) is 0 Å². The van der Waals surface area contributed by atoms with Gasteiger partial charge in [0.05, 0.1) is 11.0 Å². The molecular formula is C8H10N4S. The van der Waals surface area contributed by atoms with Gasteiger partial charge < -0.3 is 0 Å². The van der Waals surface area contributed by atoms with Crippen LogP contribution < -0.4 is 0 Å².